The number of aromatic nitrogens is 1. The third-order valence-electron chi connectivity index (χ3n) is 4.02. The third-order valence-corrected chi connectivity index (χ3v) is 4.02. The van der Waals surface area contributed by atoms with Crippen LogP contribution in [0.3, 0.4) is 0 Å². The molecule has 0 saturated carbocycles. The van der Waals surface area contributed by atoms with Crippen molar-refractivity contribution in [1.82, 2.24) is 4.98 Å². The zero-order valence-electron chi connectivity index (χ0n) is 15.9. The summed E-state index contributed by atoms with van der Waals surface area (Å²) >= 11 is 0. The molecule has 1 N–H and O–H groups in total. The van der Waals surface area contributed by atoms with Gasteiger partial charge in [0.15, 0.2) is 12.4 Å². The number of Topliss-reactive ketones (excluding diaryl/α,β-unsaturated/α-hetero) is 2. The lowest BCUT2D eigenvalue weighted by Gasteiger charge is -2.03. The summed E-state index contributed by atoms with van der Waals surface area (Å²) in [6.07, 6.45) is 2.86. The Labute approximate surface area is 158 Å². The van der Waals surface area contributed by atoms with Crippen molar-refractivity contribution in [3.63, 3.8) is 0 Å². The highest BCUT2D eigenvalue weighted by Gasteiger charge is 2.20. The Morgan fingerprint density at radius 2 is 1.78 bits per heavy atom. The molecule has 0 bridgehead atoms. The van der Waals surface area contributed by atoms with E-state index in [2.05, 4.69) is 4.98 Å². The zero-order chi connectivity index (χ0) is 20.0. The Hall–Kier alpha value is -3.15. The van der Waals surface area contributed by atoms with Crippen molar-refractivity contribution in [2.45, 2.75) is 27.7 Å². The molecule has 0 aliphatic rings. The number of hydrogen-bond donors (Lipinski definition) is 1. The summed E-state index contributed by atoms with van der Waals surface area (Å²) in [5.41, 5.74) is 2.81. The minimum Gasteiger partial charge on any atom is -0.494 e. The van der Waals surface area contributed by atoms with Gasteiger partial charge in [0.1, 0.15) is 5.75 Å². The first kappa shape index (κ1) is 20.2. The summed E-state index contributed by atoms with van der Waals surface area (Å²) in [4.78, 5) is 38.6. The number of esters is 1. The standard InChI is InChI=1S/C21H23NO5/c1-5-26-17-9-6-16(7-10-17)8-11-19(25)27-12-18(24)21-13(2)20(15(4)23)14(3)22-21/h6-11,22H,5,12H2,1-4H3/b11-8+. The number of carbonyl (C=O) groups excluding carboxylic acids is 3. The fourth-order valence-corrected chi connectivity index (χ4v) is 2.82. The van der Waals surface area contributed by atoms with Gasteiger partial charge in [-0.15, -0.1) is 0 Å². The summed E-state index contributed by atoms with van der Waals surface area (Å²) in [6.45, 7) is 6.96. The quantitative estimate of drug-likeness (QED) is 0.436. The normalized spacial score (nSPS) is 10.8. The van der Waals surface area contributed by atoms with E-state index in [-0.39, 0.29) is 11.6 Å². The summed E-state index contributed by atoms with van der Waals surface area (Å²) in [5, 5.41) is 0. The van der Waals surface area contributed by atoms with Gasteiger partial charge in [-0.25, -0.2) is 4.79 Å². The van der Waals surface area contributed by atoms with Crippen molar-refractivity contribution >= 4 is 23.6 Å². The fraction of sp³-hybridized carbons (Fsp3) is 0.286. The maximum atomic E-state index is 12.3. The van der Waals surface area contributed by atoms with Crippen LogP contribution in [0.5, 0.6) is 5.75 Å². The molecule has 6 nitrogen and oxygen atoms in total. The van der Waals surface area contributed by atoms with Crippen LogP contribution in [0.2, 0.25) is 0 Å². The molecular formula is C21H23NO5. The Bertz CT molecular complexity index is 875. The smallest absolute Gasteiger partial charge is 0.331 e. The van der Waals surface area contributed by atoms with Gasteiger partial charge in [-0.2, -0.15) is 0 Å². The van der Waals surface area contributed by atoms with E-state index < -0.39 is 12.6 Å². The molecule has 1 aromatic heterocycles. The minimum absolute atomic E-state index is 0.115. The lowest BCUT2D eigenvalue weighted by molar-refractivity contribution is -0.136. The number of ether oxygens (including phenoxy) is 2. The van der Waals surface area contributed by atoms with E-state index in [4.69, 9.17) is 9.47 Å². The highest BCUT2D eigenvalue weighted by atomic mass is 16.5. The maximum Gasteiger partial charge on any atom is 0.331 e. The highest BCUT2D eigenvalue weighted by Crippen LogP contribution is 2.19. The number of benzene rings is 1. The monoisotopic (exact) mass is 369 g/mol. The van der Waals surface area contributed by atoms with Crippen LogP contribution in [0.1, 0.15) is 51.5 Å². The topological polar surface area (TPSA) is 85.5 Å². The predicted octanol–water partition coefficient (Wildman–Crippen LogP) is 3.67. The van der Waals surface area contributed by atoms with Crippen LogP contribution in [0.25, 0.3) is 6.08 Å². The van der Waals surface area contributed by atoms with E-state index in [9.17, 15) is 14.4 Å². The highest BCUT2D eigenvalue weighted by molar-refractivity contribution is 6.04. The second-order valence-electron chi connectivity index (χ2n) is 6.05. The van der Waals surface area contributed by atoms with Crippen LogP contribution in [0.15, 0.2) is 30.3 Å². The third kappa shape index (κ3) is 5.17. The summed E-state index contributed by atoms with van der Waals surface area (Å²) in [6, 6.07) is 7.24. The molecule has 1 heterocycles. The molecule has 0 spiro atoms. The van der Waals surface area contributed by atoms with Crippen molar-refractivity contribution in [3.05, 3.63) is 58.4 Å². The van der Waals surface area contributed by atoms with E-state index in [1.165, 1.54) is 13.0 Å². The molecule has 1 aromatic carbocycles. The lowest BCUT2D eigenvalue weighted by atomic mass is 10.1. The number of carbonyl (C=O) groups is 3. The number of ketones is 2. The Kier molecular flexibility index (Phi) is 6.71. The number of aryl methyl sites for hydroxylation is 1. The molecule has 0 radical (unpaired) electrons. The van der Waals surface area contributed by atoms with E-state index in [1.807, 2.05) is 19.1 Å². The Balaban J connectivity index is 1.94. The largest absolute Gasteiger partial charge is 0.494 e. The van der Waals surface area contributed by atoms with Crippen LogP contribution in [0, 0.1) is 13.8 Å². The summed E-state index contributed by atoms with van der Waals surface area (Å²) < 4.78 is 10.4. The SMILES string of the molecule is CCOc1ccc(/C=C/C(=O)OCC(=O)c2[nH]c(C)c(C(C)=O)c2C)cc1. The van der Waals surface area contributed by atoms with Crippen molar-refractivity contribution in [2.75, 3.05) is 13.2 Å². The predicted molar refractivity (Wildman–Crippen MR) is 102 cm³/mol. The number of hydrogen-bond acceptors (Lipinski definition) is 5. The average Bonchev–Trinajstić information content (AvgIpc) is 2.93. The first-order chi connectivity index (χ1) is 12.8. The molecule has 0 saturated heterocycles. The zero-order valence-corrected chi connectivity index (χ0v) is 15.9. The first-order valence-electron chi connectivity index (χ1n) is 8.64. The van der Waals surface area contributed by atoms with E-state index in [1.54, 1.807) is 32.1 Å². The molecule has 6 heteroatoms. The van der Waals surface area contributed by atoms with Gasteiger partial charge < -0.3 is 14.5 Å². The fourth-order valence-electron chi connectivity index (χ4n) is 2.82. The molecular weight excluding hydrogens is 346 g/mol. The van der Waals surface area contributed by atoms with Crippen molar-refractivity contribution in [2.24, 2.45) is 0 Å². The second-order valence-corrected chi connectivity index (χ2v) is 6.05. The van der Waals surface area contributed by atoms with Gasteiger partial charge in [0.05, 0.1) is 12.3 Å². The molecule has 0 unspecified atom stereocenters. The lowest BCUT2D eigenvalue weighted by Crippen LogP contribution is -2.14. The molecule has 0 aliphatic carbocycles. The van der Waals surface area contributed by atoms with Crippen molar-refractivity contribution < 1.29 is 23.9 Å². The molecule has 2 rings (SSSR count). The van der Waals surface area contributed by atoms with E-state index in [0.29, 0.717) is 29.1 Å². The maximum absolute atomic E-state index is 12.3. The van der Waals surface area contributed by atoms with Crippen LogP contribution in [-0.4, -0.2) is 35.7 Å². The van der Waals surface area contributed by atoms with Gasteiger partial charge in [-0.05, 0) is 57.0 Å². The summed E-state index contributed by atoms with van der Waals surface area (Å²) in [7, 11) is 0. The number of rotatable bonds is 8. The van der Waals surface area contributed by atoms with Gasteiger partial charge in [0.25, 0.3) is 0 Å². The van der Waals surface area contributed by atoms with Gasteiger partial charge in [-0.1, -0.05) is 12.1 Å². The molecule has 0 fully saturated rings. The van der Waals surface area contributed by atoms with Crippen LogP contribution >= 0.6 is 0 Å². The number of H-pyrrole nitrogens is 1. The van der Waals surface area contributed by atoms with Gasteiger partial charge in [-0.3, -0.25) is 9.59 Å². The van der Waals surface area contributed by atoms with Gasteiger partial charge >= 0.3 is 5.97 Å². The van der Waals surface area contributed by atoms with E-state index in [0.717, 1.165) is 11.3 Å². The molecule has 0 aliphatic heterocycles. The molecule has 0 amide bonds. The number of nitrogens with one attached hydrogen (secondary N) is 1. The molecule has 2 aromatic rings. The molecule has 142 valence electrons. The Morgan fingerprint density at radius 3 is 2.33 bits per heavy atom. The molecule has 27 heavy (non-hydrogen) atoms. The van der Waals surface area contributed by atoms with Crippen LogP contribution < -0.4 is 4.74 Å². The number of aromatic amines is 1. The Morgan fingerprint density at radius 1 is 1.11 bits per heavy atom. The van der Waals surface area contributed by atoms with E-state index >= 15 is 0 Å². The first-order valence-corrected chi connectivity index (χ1v) is 8.64. The van der Waals surface area contributed by atoms with Gasteiger partial charge in [0, 0.05) is 17.3 Å². The average molecular weight is 369 g/mol. The van der Waals surface area contributed by atoms with Crippen molar-refractivity contribution in [3.8, 4) is 5.75 Å². The molecule has 0 atom stereocenters. The minimum atomic E-state index is -0.620. The van der Waals surface area contributed by atoms with Crippen LogP contribution in [-0.2, 0) is 9.53 Å². The van der Waals surface area contributed by atoms with Gasteiger partial charge in [0.2, 0.25) is 5.78 Å². The van der Waals surface area contributed by atoms with Crippen molar-refractivity contribution in [1.29, 1.82) is 0 Å². The van der Waals surface area contributed by atoms with Crippen LogP contribution in [0.4, 0.5) is 0 Å². The summed E-state index contributed by atoms with van der Waals surface area (Å²) in [5.74, 6) is -0.365. The second kappa shape index (κ2) is 8.98.